The molecule has 0 spiro atoms. The maximum absolute atomic E-state index is 4.10. The number of hydrogen-bond acceptors (Lipinski definition) is 2. The van der Waals surface area contributed by atoms with Crippen molar-refractivity contribution >= 4 is 18.5 Å². The Balaban J connectivity index is 3.26. The van der Waals surface area contributed by atoms with Crippen molar-refractivity contribution < 1.29 is 0 Å². The molecule has 0 radical (unpaired) electrons. The summed E-state index contributed by atoms with van der Waals surface area (Å²) in [6.45, 7) is 9.01. The lowest BCUT2D eigenvalue weighted by molar-refractivity contribution is 1.19. The minimum absolute atomic E-state index is 0.840. The van der Waals surface area contributed by atoms with Crippen molar-refractivity contribution in [3.63, 3.8) is 0 Å². The Labute approximate surface area is 66.3 Å². The highest BCUT2D eigenvalue weighted by Gasteiger charge is 1.96. The molecular weight excluding hydrogens is 136 g/mol. The molecular formula is C9H10N2. The van der Waals surface area contributed by atoms with Gasteiger partial charge in [0.1, 0.15) is 0 Å². The molecule has 0 aromatic carbocycles. The summed E-state index contributed by atoms with van der Waals surface area (Å²) in [4.78, 5) is 7.94. The minimum Gasteiger partial charge on any atom is -0.264 e. The first kappa shape index (κ1) is 7.66. The van der Waals surface area contributed by atoms with Crippen LogP contribution >= 0.6 is 0 Å². The molecule has 0 bridgehead atoms. The molecule has 0 N–H and O–H groups in total. The van der Waals surface area contributed by atoms with E-state index in [1.165, 1.54) is 0 Å². The monoisotopic (exact) mass is 146 g/mol. The van der Waals surface area contributed by atoms with Crippen LogP contribution in [-0.2, 0) is 0 Å². The molecule has 0 saturated carbocycles. The molecule has 0 atom stereocenters. The fourth-order valence-corrected chi connectivity index (χ4v) is 0.850. The molecule has 0 saturated heterocycles. The largest absolute Gasteiger partial charge is 0.264 e. The van der Waals surface area contributed by atoms with E-state index in [4.69, 9.17) is 0 Å². The molecule has 0 amide bonds. The van der Waals surface area contributed by atoms with Gasteiger partial charge in [-0.1, -0.05) is 12.7 Å². The summed E-state index contributed by atoms with van der Waals surface area (Å²) >= 11 is 0. The number of hydrogen-bond donors (Lipinski definition) is 0. The van der Waals surface area contributed by atoms with Gasteiger partial charge in [-0.25, -0.2) is 0 Å². The van der Waals surface area contributed by atoms with Crippen LogP contribution in [0.25, 0.3) is 6.08 Å². The highest BCUT2D eigenvalue weighted by molar-refractivity contribution is 5.64. The van der Waals surface area contributed by atoms with Crippen molar-refractivity contribution in [3.05, 3.63) is 30.1 Å². The van der Waals surface area contributed by atoms with Crippen LogP contribution in [0.2, 0.25) is 0 Å². The van der Waals surface area contributed by atoms with E-state index in [2.05, 4.69) is 23.3 Å². The van der Waals surface area contributed by atoms with Crippen molar-refractivity contribution in [1.82, 2.24) is 4.98 Å². The summed E-state index contributed by atoms with van der Waals surface area (Å²) in [5, 5.41) is 0. The van der Waals surface area contributed by atoms with Crippen LogP contribution in [0.1, 0.15) is 11.3 Å². The van der Waals surface area contributed by atoms with Gasteiger partial charge in [0.2, 0.25) is 0 Å². The van der Waals surface area contributed by atoms with E-state index in [0.29, 0.717) is 0 Å². The third-order valence-electron chi connectivity index (χ3n) is 1.44. The average Bonchev–Trinajstić information content (AvgIpc) is 2.04. The van der Waals surface area contributed by atoms with Gasteiger partial charge >= 0.3 is 0 Å². The van der Waals surface area contributed by atoms with Gasteiger partial charge in [0, 0.05) is 17.5 Å². The zero-order valence-electron chi connectivity index (χ0n) is 6.54. The molecule has 1 heterocycles. The van der Waals surface area contributed by atoms with Crippen molar-refractivity contribution in [2.45, 2.75) is 6.92 Å². The molecule has 0 fully saturated rings. The summed E-state index contributed by atoms with van der Waals surface area (Å²) in [5.74, 6) is 0. The van der Waals surface area contributed by atoms with Gasteiger partial charge in [-0.05, 0) is 19.7 Å². The Morgan fingerprint density at radius 3 is 2.91 bits per heavy atom. The van der Waals surface area contributed by atoms with Crippen LogP contribution in [0, 0.1) is 6.92 Å². The second-order valence-corrected chi connectivity index (χ2v) is 2.25. The highest BCUT2D eigenvalue weighted by Crippen LogP contribution is 2.18. The Bertz CT molecular complexity index is 290. The Morgan fingerprint density at radius 2 is 2.36 bits per heavy atom. The van der Waals surface area contributed by atoms with Crippen molar-refractivity contribution in [3.8, 4) is 0 Å². The van der Waals surface area contributed by atoms with Gasteiger partial charge in [-0.3, -0.25) is 9.98 Å². The number of aryl methyl sites for hydroxylation is 1. The van der Waals surface area contributed by atoms with E-state index in [-0.39, 0.29) is 0 Å². The molecule has 0 unspecified atom stereocenters. The summed E-state index contributed by atoms with van der Waals surface area (Å²) < 4.78 is 0. The number of nitrogens with zero attached hydrogens (tertiary/aromatic N) is 2. The van der Waals surface area contributed by atoms with Crippen LogP contribution in [0.15, 0.2) is 23.8 Å². The lowest BCUT2D eigenvalue weighted by atomic mass is 10.2. The van der Waals surface area contributed by atoms with Gasteiger partial charge in [0.05, 0.1) is 5.69 Å². The van der Waals surface area contributed by atoms with E-state index in [0.717, 1.165) is 16.9 Å². The van der Waals surface area contributed by atoms with Crippen molar-refractivity contribution in [2.24, 2.45) is 4.99 Å². The van der Waals surface area contributed by atoms with E-state index >= 15 is 0 Å². The number of aromatic nitrogens is 1. The molecule has 1 aromatic rings. The summed E-state index contributed by atoms with van der Waals surface area (Å²) in [5.41, 5.74) is 2.70. The van der Waals surface area contributed by atoms with Gasteiger partial charge < -0.3 is 0 Å². The van der Waals surface area contributed by atoms with Crippen LogP contribution in [0.4, 0.5) is 5.69 Å². The lowest BCUT2D eigenvalue weighted by Crippen LogP contribution is -1.81. The first-order valence-corrected chi connectivity index (χ1v) is 3.33. The fraction of sp³-hybridized carbons (Fsp3) is 0.111. The van der Waals surface area contributed by atoms with Gasteiger partial charge in [0.15, 0.2) is 0 Å². The van der Waals surface area contributed by atoms with E-state index in [9.17, 15) is 0 Å². The Kier molecular flexibility index (Phi) is 2.16. The lowest BCUT2D eigenvalue weighted by Gasteiger charge is -1.99. The Morgan fingerprint density at radius 1 is 1.64 bits per heavy atom. The molecule has 0 aliphatic carbocycles. The molecule has 0 aliphatic heterocycles. The van der Waals surface area contributed by atoms with Gasteiger partial charge in [-0.15, -0.1) is 0 Å². The number of rotatable bonds is 2. The molecule has 1 rings (SSSR count). The predicted octanol–water partition coefficient (Wildman–Crippen LogP) is 2.37. The molecule has 2 heteroatoms. The number of aliphatic imine (C=N–C) groups is 1. The SMILES string of the molecule is C=Cc1cnc(C)cc1N=C. The van der Waals surface area contributed by atoms with Crippen molar-refractivity contribution in [1.29, 1.82) is 0 Å². The molecule has 2 nitrogen and oxygen atoms in total. The van der Waals surface area contributed by atoms with Crippen LogP contribution < -0.4 is 0 Å². The molecule has 56 valence electrons. The van der Waals surface area contributed by atoms with Crippen molar-refractivity contribution in [2.75, 3.05) is 0 Å². The molecule has 11 heavy (non-hydrogen) atoms. The zero-order valence-corrected chi connectivity index (χ0v) is 6.54. The normalized spacial score (nSPS) is 9.18. The maximum atomic E-state index is 4.10. The molecule has 1 aromatic heterocycles. The zero-order chi connectivity index (χ0) is 8.27. The maximum Gasteiger partial charge on any atom is 0.0727 e. The van der Waals surface area contributed by atoms with Crippen LogP contribution in [0.3, 0.4) is 0 Å². The molecule has 0 aliphatic rings. The average molecular weight is 146 g/mol. The first-order valence-electron chi connectivity index (χ1n) is 3.33. The topological polar surface area (TPSA) is 25.2 Å². The second-order valence-electron chi connectivity index (χ2n) is 2.25. The fourth-order valence-electron chi connectivity index (χ4n) is 0.850. The predicted molar refractivity (Wildman–Crippen MR) is 48.3 cm³/mol. The van der Waals surface area contributed by atoms with E-state index in [1.54, 1.807) is 12.3 Å². The third-order valence-corrected chi connectivity index (χ3v) is 1.44. The van der Waals surface area contributed by atoms with E-state index in [1.807, 2.05) is 13.0 Å². The summed E-state index contributed by atoms with van der Waals surface area (Å²) in [7, 11) is 0. The quantitative estimate of drug-likeness (QED) is 0.588. The second kappa shape index (κ2) is 3.10. The summed E-state index contributed by atoms with van der Waals surface area (Å²) in [6, 6.07) is 1.88. The Hall–Kier alpha value is -1.44. The first-order chi connectivity index (χ1) is 5.27. The van der Waals surface area contributed by atoms with Gasteiger partial charge in [0.25, 0.3) is 0 Å². The third kappa shape index (κ3) is 1.52. The van der Waals surface area contributed by atoms with Crippen LogP contribution in [-0.4, -0.2) is 11.7 Å². The smallest absolute Gasteiger partial charge is 0.0727 e. The standard InChI is InChI=1S/C9H10N2/c1-4-8-6-11-7(2)5-9(8)10-3/h4-6H,1,3H2,2H3. The van der Waals surface area contributed by atoms with E-state index < -0.39 is 0 Å². The number of pyridine rings is 1. The highest BCUT2D eigenvalue weighted by atomic mass is 14.7. The van der Waals surface area contributed by atoms with Gasteiger partial charge in [-0.2, -0.15) is 0 Å². The minimum atomic E-state index is 0.840. The van der Waals surface area contributed by atoms with Crippen LogP contribution in [0.5, 0.6) is 0 Å². The summed E-state index contributed by atoms with van der Waals surface area (Å²) in [6.07, 6.45) is 3.46.